The number of amides is 1. The fourth-order valence-corrected chi connectivity index (χ4v) is 3.10. The molecule has 1 aliphatic heterocycles. The summed E-state index contributed by atoms with van der Waals surface area (Å²) >= 11 is 0. The summed E-state index contributed by atoms with van der Waals surface area (Å²) in [5, 5.41) is 0. The summed E-state index contributed by atoms with van der Waals surface area (Å²) in [6, 6.07) is 8.04. The molecule has 0 saturated carbocycles. The van der Waals surface area contributed by atoms with Crippen LogP contribution in [0.25, 0.3) is 11.1 Å². The van der Waals surface area contributed by atoms with Gasteiger partial charge in [0.15, 0.2) is 0 Å². The molecule has 0 bridgehead atoms. The molecule has 7 nitrogen and oxygen atoms in total. The second kappa shape index (κ2) is 8.25. The molecule has 2 N–H and O–H groups in total. The monoisotopic (exact) mass is 355 g/mol. The Balaban J connectivity index is 1.71. The summed E-state index contributed by atoms with van der Waals surface area (Å²) < 4.78 is 5.39. The van der Waals surface area contributed by atoms with Gasteiger partial charge in [-0.1, -0.05) is 18.2 Å². The molecule has 1 aromatic carbocycles. The molecule has 138 valence electrons. The van der Waals surface area contributed by atoms with Crippen molar-refractivity contribution in [2.24, 2.45) is 5.73 Å². The van der Waals surface area contributed by atoms with Gasteiger partial charge in [-0.2, -0.15) is 0 Å². The molecule has 1 fully saturated rings. The van der Waals surface area contributed by atoms with Crippen molar-refractivity contribution >= 4 is 11.9 Å². The third kappa shape index (κ3) is 4.17. The van der Waals surface area contributed by atoms with E-state index in [0.29, 0.717) is 6.54 Å². The zero-order valence-corrected chi connectivity index (χ0v) is 15.3. The van der Waals surface area contributed by atoms with Crippen LogP contribution in [0.4, 0.5) is 5.95 Å². The van der Waals surface area contributed by atoms with Crippen molar-refractivity contribution in [2.45, 2.75) is 19.1 Å². The van der Waals surface area contributed by atoms with Crippen molar-refractivity contribution < 1.29 is 9.53 Å². The first-order valence-electron chi connectivity index (χ1n) is 8.74. The molecule has 2 aromatic rings. The molecule has 0 unspecified atom stereocenters. The van der Waals surface area contributed by atoms with Crippen LogP contribution in [0.5, 0.6) is 0 Å². The highest BCUT2D eigenvalue weighted by atomic mass is 16.5. The van der Waals surface area contributed by atoms with Crippen LogP contribution in [0, 0.1) is 0 Å². The molecule has 1 atom stereocenters. The molecule has 1 amide bonds. The van der Waals surface area contributed by atoms with E-state index in [-0.39, 0.29) is 18.6 Å². The van der Waals surface area contributed by atoms with Gasteiger partial charge in [0, 0.05) is 51.7 Å². The largest absolute Gasteiger partial charge is 0.380 e. The number of hydrogen-bond acceptors (Lipinski definition) is 6. The number of rotatable bonds is 6. The van der Waals surface area contributed by atoms with E-state index in [1.807, 2.05) is 30.6 Å². The number of methoxy groups -OCH3 is 1. The molecule has 2 heterocycles. The quantitative estimate of drug-likeness (QED) is 0.840. The van der Waals surface area contributed by atoms with Crippen LogP contribution < -0.4 is 10.6 Å². The molecule has 1 aromatic heterocycles. The van der Waals surface area contributed by atoms with E-state index in [0.717, 1.165) is 42.1 Å². The van der Waals surface area contributed by atoms with Gasteiger partial charge in [-0.25, -0.2) is 9.97 Å². The molecule has 0 aliphatic carbocycles. The summed E-state index contributed by atoms with van der Waals surface area (Å²) in [6.07, 6.45) is 4.94. The topological polar surface area (TPSA) is 84.6 Å². The second-order valence-electron chi connectivity index (χ2n) is 6.52. The number of aromatic nitrogens is 2. The maximum atomic E-state index is 11.6. The molecule has 7 heteroatoms. The number of ether oxygens (including phenoxy) is 1. The summed E-state index contributed by atoms with van der Waals surface area (Å²) in [4.78, 5) is 24.4. The van der Waals surface area contributed by atoms with Gasteiger partial charge in [0.1, 0.15) is 0 Å². The van der Waals surface area contributed by atoms with Crippen LogP contribution in [0.3, 0.4) is 0 Å². The van der Waals surface area contributed by atoms with Crippen molar-refractivity contribution in [3.63, 3.8) is 0 Å². The van der Waals surface area contributed by atoms with Crippen molar-refractivity contribution in [1.82, 2.24) is 14.9 Å². The predicted molar refractivity (Wildman–Crippen MR) is 101 cm³/mol. The maximum Gasteiger partial charge on any atom is 0.236 e. The van der Waals surface area contributed by atoms with Crippen molar-refractivity contribution in [3.8, 4) is 11.1 Å². The van der Waals surface area contributed by atoms with E-state index in [4.69, 9.17) is 10.5 Å². The van der Waals surface area contributed by atoms with Gasteiger partial charge in [-0.15, -0.1) is 0 Å². The third-order valence-corrected chi connectivity index (χ3v) is 4.68. The van der Waals surface area contributed by atoms with Gasteiger partial charge in [0.2, 0.25) is 11.9 Å². The van der Waals surface area contributed by atoms with Gasteiger partial charge in [0.25, 0.3) is 0 Å². The highest BCUT2D eigenvalue weighted by Crippen LogP contribution is 2.22. The van der Waals surface area contributed by atoms with Gasteiger partial charge in [-0.05, 0) is 23.6 Å². The SMILES string of the molecule is CO[C@H]1CCN(c2ncc(-c3cccc(CN(C)C(=O)CN)c3)cn2)C1. The Hall–Kier alpha value is -2.51. The molecule has 0 spiro atoms. The lowest BCUT2D eigenvalue weighted by Crippen LogP contribution is -2.32. The lowest BCUT2D eigenvalue weighted by atomic mass is 10.1. The third-order valence-electron chi connectivity index (χ3n) is 4.68. The van der Waals surface area contributed by atoms with Crippen LogP contribution in [0.15, 0.2) is 36.7 Å². The molecule has 3 rings (SSSR count). The summed E-state index contributed by atoms with van der Waals surface area (Å²) in [6.45, 7) is 2.28. The Morgan fingerprint density at radius 3 is 2.77 bits per heavy atom. The smallest absolute Gasteiger partial charge is 0.236 e. The highest BCUT2D eigenvalue weighted by molar-refractivity contribution is 5.77. The number of hydrogen-bond donors (Lipinski definition) is 1. The number of nitrogens with two attached hydrogens (primary N) is 1. The Bertz CT molecular complexity index is 750. The molecule has 1 saturated heterocycles. The number of anilines is 1. The highest BCUT2D eigenvalue weighted by Gasteiger charge is 2.23. The Labute approximate surface area is 153 Å². The van der Waals surface area contributed by atoms with Crippen LogP contribution in [0.1, 0.15) is 12.0 Å². The van der Waals surface area contributed by atoms with E-state index in [9.17, 15) is 4.79 Å². The zero-order chi connectivity index (χ0) is 18.5. The average Bonchev–Trinajstić information content (AvgIpc) is 3.17. The minimum atomic E-state index is -0.0805. The standard InChI is InChI=1S/C19H25N5O2/c1-23(18(25)9-20)12-14-4-3-5-15(8-14)16-10-21-19(22-11-16)24-7-6-17(13-24)26-2/h3-5,8,10-11,17H,6-7,9,12-13,20H2,1-2H3/t17-/m0/s1. The van der Waals surface area contributed by atoms with Crippen LogP contribution >= 0.6 is 0 Å². The second-order valence-corrected chi connectivity index (χ2v) is 6.52. The van der Waals surface area contributed by atoms with Crippen molar-refractivity contribution in [2.75, 3.05) is 38.7 Å². The Morgan fingerprint density at radius 2 is 2.12 bits per heavy atom. The van der Waals surface area contributed by atoms with E-state index >= 15 is 0 Å². The van der Waals surface area contributed by atoms with Gasteiger partial charge < -0.3 is 20.3 Å². The fourth-order valence-electron chi connectivity index (χ4n) is 3.10. The number of carbonyl (C=O) groups excluding carboxylic acids is 1. The molecule has 0 radical (unpaired) electrons. The van der Waals surface area contributed by atoms with Gasteiger partial charge in [-0.3, -0.25) is 4.79 Å². The molecular weight excluding hydrogens is 330 g/mol. The zero-order valence-electron chi connectivity index (χ0n) is 15.3. The summed E-state index contributed by atoms with van der Waals surface area (Å²) in [7, 11) is 3.49. The summed E-state index contributed by atoms with van der Waals surface area (Å²) in [5.41, 5.74) is 8.43. The number of carbonyl (C=O) groups is 1. The van der Waals surface area contributed by atoms with E-state index in [1.165, 1.54) is 0 Å². The predicted octanol–water partition coefficient (Wildman–Crippen LogP) is 1.29. The van der Waals surface area contributed by atoms with Crippen molar-refractivity contribution in [1.29, 1.82) is 0 Å². The normalized spacial score (nSPS) is 16.7. The fraction of sp³-hybridized carbons (Fsp3) is 0.421. The number of benzene rings is 1. The van der Waals surface area contributed by atoms with Crippen LogP contribution in [-0.4, -0.2) is 60.7 Å². The number of likely N-dealkylation sites (N-methyl/N-ethyl adjacent to an activating group) is 1. The summed E-state index contributed by atoms with van der Waals surface area (Å²) in [5.74, 6) is 0.654. The van der Waals surface area contributed by atoms with E-state index in [2.05, 4.69) is 20.9 Å². The first-order chi connectivity index (χ1) is 12.6. The van der Waals surface area contributed by atoms with E-state index < -0.39 is 0 Å². The first-order valence-corrected chi connectivity index (χ1v) is 8.74. The van der Waals surface area contributed by atoms with Crippen molar-refractivity contribution in [3.05, 3.63) is 42.2 Å². The van der Waals surface area contributed by atoms with Gasteiger partial charge >= 0.3 is 0 Å². The molecule has 26 heavy (non-hydrogen) atoms. The Morgan fingerprint density at radius 1 is 1.35 bits per heavy atom. The maximum absolute atomic E-state index is 11.6. The average molecular weight is 355 g/mol. The minimum absolute atomic E-state index is 0.0198. The lowest BCUT2D eigenvalue weighted by molar-refractivity contribution is -0.128. The van der Waals surface area contributed by atoms with Crippen LogP contribution in [0.2, 0.25) is 0 Å². The lowest BCUT2D eigenvalue weighted by Gasteiger charge is -2.17. The first kappa shape index (κ1) is 18.3. The molecule has 1 aliphatic rings. The minimum Gasteiger partial charge on any atom is -0.380 e. The number of nitrogens with zero attached hydrogens (tertiary/aromatic N) is 4. The van der Waals surface area contributed by atoms with E-state index in [1.54, 1.807) is 19.1 Å². The van der Waals surface area contributed by atoms with Crippen LogP contribution in [-0.2, 0) is 16.1 Å². The van der Waals surface area contributed by atoms with Gasteiger partial charge in [0.05, 0.1) is 12.6 Å². The Kier molecular flexibility index (Phi) is 5.80. The molecular formula is C19H25N5O2.